The molecule has 0 aliphatic carbocycles. The van der Waals surface area contributed by atoms with Crippen LogP contribution in [0.2, 0.25) is 0 Å². The molecular formula is C14H26N4O2S. The predicted octanol–water partition coefficient (Wildman–Crippen LogP) is 1.57. The molecule has 1 aliphatic rings. The van der Waals surface area contributed by atoms with E-state index < -0.39 is 10.0 Å². The van der Waals surface area contributed by atoms with Crippen molar-refractivity contribution in [2.75, 3.05) is 13.1 Å². The molecule has 0 aromatic carbocycles. The van der Waals surface area contributed by atoms with Crippen molar-refractivity contribution in [1.82, 2.24) is 19.8 Å². The molecule has 0 bridgehead atoms. The summed E-state index contributed by atoms with van der Waals surface area (Å²) in [7, 11) is -3.49. The van der Waals surface area contributed by atoms with E-state index in [1.165, 1.54) is 0 Å². The normalized spacial score (nSPS) is 22.4. The first-order valence-corrected chi connectivity index (χ1v) is 9.10. The molecule has 2 unspecified atom stereocenters. The van der Waals surface area contributed by atoms with Crippen LogP contribution in [0.5, 0.6) is 0 Å². The molecule has 6 nitrogen and oxygen atoms in total. The molecule has 2 N–H and O–H groups in total. The van der Waals surface area contributed by atoms with E-state index in [2.05, 4.69) is 22.4 Å². The Labute approximate surface area is 127 Å². The Morgan fingerprint density at radius 3 is 2.71 bits per heavy atom. The lowest BCUT2D eigenvalue weighted by Crippen LogP contribution is -2.53. The van der Waals surface area contributed by atoms with Gasteiger partial charge in [0, 0.05) is 18.6 Å². The molecule has 1 fully saturated rings. The second-order valence-corrected chi connectivity index (χ2v) is 7.62. The molecule has 7 heteroatoms. The summed E-state index contributed by atoms with van der Waals surface area (Å²) in [6.45, 7) is 9.05. The molecule has 0 saturated carbocycles. The molecule has 2 atom stereocenters. The number of rotatable bonds is 5. The Bertz CT molecular complexity index is 562. The summed E-state index contributed by atoms with van der Waals surface area (Å²) in [5, 5.41) is 10.2. The Morgan fingerprint density at radius 1 is 1.43 bits per heavy atom. The Hall–Kier alpha value is -0.920. The van der Waals surface area contributed by atoms with E-state index in [0.717, 1.165) is 25.8 Å². The molecular weight excluding hydrogens is 288 g/mol. The quantitative estimate of drug-likeness (QED) is 0.865. The van der Waals surface area contributed by atoms with Crippen molar-refractivity contribution >= 4 is 10.0 Å². The molecule has 0 amide bonds. The van der Waals surface area contributed by atoms with Gasteiger partial charge in [0.1, 0.15) is 4.90 Å². The number of nitrogens with zero attached hydrogens (tertiary/aromatic N) is 2. The van der Waals surface area contributed by atoms with Crippen molar-refractivity contribution in [2.45, 2.75) is 63.9 Å². The average molecular weight is 314 g/mol. The molecule has 1 aromatic heterocycles. The third-order valence-electron chi connectivity index (χ3n) is 4.23. The van der Waals surface area contributed by atoms with Crippen molar-refractivity contribution < 1.29 is 8.42 Å². The minimum atomic E-state index is -3.49. The van der Waals surface area contributed by atoms with E-state index in [1.807, 2.05) is 6.92 Å². The SMILES string of the molecule is CCNC(C)C1CCCCN1S(=O)(=O)c1c(C)n[nH]c1C. The Kier molecular flexibility index (Phi) is 5.06. The van der Waals surface area contributed by atoms with Gasteiger partial charge in [0.25, 0.3) is 0 Å². The number of aromatic nitrogens is 2. The minimum Gasteiger partial charge on any atom is -0.313 e. The summed E-state index contributed by atoms with van der Waals surface area (Å²) in [6, 6.07) is 0.162. The highest BCUT2D eigenvalue weighted by Crippen LogP contribution is 2.29. The van der Waals surface area contributed by atoms with Gasteiger partial charge in [0.05, 0.1) is 11.4 Å². The first-order chi connectivity index (χ1) is 9.89. The first kappa shape index (κ1) is 16.5. The zero-order valence-corrected chi connectivity index (χ0v) is 14.1. The first-order valence-electron chi connectivity index (χ1n) is 7.66. The number of hydrogen-bond donors (Lipinski definition) is 2. The van der Waals surface area contributed by atoms with E-state index >= 15 is 0 Å². The number of aryl methyl sites for hydroxylation is 2. The monoisotopic (exact) mass is 314 g/mol. The van der Waals surface area contributed by atoms with Crippen LogP contribution >= 0.6 is 0 Å². The lowest BCUT2D eigenvalue weighted by Gasteiger charge is -2.38. The zero-order chi connectivity index (χ0) is 15.6. The largest absolute Gasteiger partial charge is 0.313 e. The third kappa shape index (κ3) is 3.14. The van der Waals surface area contributed by atoms with Gasteiger partial charge in [-0.05, 0) is 40.2 Å². The summed E-state index contributed by atoms with van der Waals surface area (Å²) in [4.78, 5) is 0.345. The fourth-order valence-corrected chi connectivity index (χ4v) is 5.32. The predicted molar refractivity (Wildman–Crippen MR) is 82.7 cm³/mol. The average Bonchev–Trinajstić information content (AvgIpc) is 2.79. The number of nitrogens with one attached hydrogen (secondary N) is 2. The van der Waals surface area contributed by atoms with Crippen molar-refractivity contribution in [1.29, 1.82) is 0 Å². The molecule has 0 radical (unpaired) electrons. The van der Waals surface area contributed by atoms with E-state index in [4.69, 9.17) is 0 Å². The summed E-state index contributed by atoms with van der Waals surface area (Å²) in [5.41, 5.74) is 1.17. The van der Waals surface area contributed by atoms with Crippen LogP contribution in [0, 0.1) is 13.8 Å². The molecule has 120 valence electrons. The number of hydrogen-bond acceptors (Lipinski definition) is 4. The summed E-state index contributed by atoms with van der Waals surface area (Å²) >= 11 is 0. The number of piperidine rings is 1. The van der Waals surface area contributed by atoms with E-state index in [9.17, 15) is 8.42 Å². The van der Waals surface area contributed by atoms with Crippen LogP contribution in [0.3, 0.4) is 0 Å². The van der Waals surface area contributed by atoms with E-state index in [-0.39, 0.29) is 12.1 Å². The third-order valence-corrected chi connectivity index (χ3v) is 6.42. The molecule has 21 heavy (non-hydrogen) atoms. The van der Waals surface area contributed by atoms with Gasteiger partial charge in [-0.1, -0.05) is 13.3 Å². The highest BCUT2D eigenvalue weighted by molar-refractivity contribution is 7.89. The highest BCUT2D eigenvalue weighted by atomic mass is 32.2. The van der Waals surface area contributed by atoms with Crippen molar-refractivity contribution in [3.63, 3.8) is 0 Å². The fourth-order valence-electron chi connectivity index (χ4n) is 3.22. The molecule has 2 heterocycles. The standard InChI is InChI=1S/C14H26N4O2S/c1-5-15-10(2)13-8-6-7-9-18(13)21(19,20)14-11(3)16-17-12(14)4/h10,13,15H,5-9H2,1-4H3,(H,16,17). The Balaban J connectivity index is 2.36. The van der Waals surface area contributed by atoms with Gasteiger partial charge in [0.15, 0.2) is 0 Å². The minimum absolute atomic E-state index is 0.0115. The van der Waals surface area contributed by atoms with E-state index in [0.29, 0.717) is 22.8 Å². The number of likely N-dealkylation sites (N-methyl/N-ethyl adjacent to an activating group) is 1. The maximum Gasteiger partial charge on any atom is 0.247 e. The number of H-pyrrole nitrogens is 1. The van der Waals surface area contributed by atoms with Crippen LogP contribution in [0.4, 0.5) is 0 Å². The lowest BCUT2D eigenvalue weighted by atomic mass is 9.99. The van der Waals surface area contributed by atoms with Crippen LogP contribution in [-0.2, 0) is 10.0 Å². The molecule has 1 saturated heterocycles. The lowest BCUT2D eigenvalue weighted by molar-refractivity contribution is 0.209. The summed E-state index contributed by atoms with van der Waals surface area (Å²) in [6.07, 6.45) is 2.91. The van der Waals surface area contributed by atoms with Crippen LogP contribution < -0.4 is 5.32 Å². The van der Waals surface area contributed by atoms with Crippen molar-refractivity contribution in [3.8, 4) is 0 Å². The second-order valence-electron chi connectivity index (χ2n) is 5.79. The van der Waals surface area contributed by atoms with Gasteiger partial charge in [0.2, 0.25) is 10.0 Å². The molecule has 0 spiro atoms. The fraction of sp³-hybridized carbons (Fsp3) is 0.786. The van der Waals surface area contributed by atoms with Gasteiger partial charge in [-0.3, -0.25) is 5.10 Å². The maximum atomic E-state index is 13.0. The zero-order valence-electron chi connectivity index (χ0n) is 13.3. The van der Waals surface area contributed by atoms with Gasteiger partial charge >= 0.3 is 0 Å². The number of aromatic amines is 1. The molecule has 1 aromatic rings. The van der Waals surface area contributed by atoms with Gasteiger partial charge in [-0.25, -0.2) is 8.42 Å². The Morgan fingerprint density at radius 2 is 2.14 bits per heavy atom. The molecule has 2 rings (SSSR count). The van der Waals surface area contributed by atoms with Crippen molar-refractivity contribution in [2.24, 2.45) is 0 Å². The van der Waals surface area contributed by atoms with Crippen LogP contribution in [0.25, 0.3) is 0 Å². The highest BCUT2D eigenvalue weighted by Gasteiger charge is 2.38. The van der Waals surface area contributed by atoms with Crippen molar-refractivity contribution in [3.05, 3.63) is 11.4 Å². The van der Waals surface area contributed by atoms with Crippen LogP contribution in [0.15, 0.2) is 4.90 Å². The van der Waals surface area contributed by atoms with Gasteiger partial charge < -0.3 is 5.32 Å². The topological polar surface area (TPSA) is 78.1 Å². The van der Waals surface area contributed by atoms with Gasteiger partial charge in [-0.15, -0.1) is 0 Å². The second kappa shape index (κ2) is 6.46. The van der Waals surface area contributed by atoms with Gasteiger partial charge in [-0.2, -0.15) is 9.40 Å². The maximum absolute atomic E-state index is 13.0. The van der Waals surface area contributed by atoms with E-state index in [1.54, 1.807) is 18.2 Å². The summed E-state index contributed by atoms with van der Waals surface area (Å²) in [5.74, 6) is 0. The van der Waals surface area contributed by atoms with Crippen LogP contribution in [-0.4, -0.2) is 48.1 Å². The smallest absolute Gasteiger partial charge is 0.247 e. The number of sulfonamides is 1. The summed E-state index contributed by atoms with van der Waals surface area (Å²) < 4.78 is 27.8. The molecule has 1 aliphatic heterocycles. The van der Waals surface area contributed by atoms with Crippen LogP contribution in [0.1, 0.15) is 44.5 Å².